The maximum Gasteiger partial charge on any atom is 0.263 e. The van der Waals surface area contributed by atoms with Gasteiger partial charge in [-0.25, -0.2) is 0 Å². The van der Waals surface area contributed by atoms with Gasteiger partial charge in [0.1, 0.15) is 12.1 Å². The molecular formula is C20H24N4O2. The predicted molar refractivity (Wildman–Crippen MR) is 101 cm³/mol. The zero-order chi connectivity index (χ0) is 18.7. The molecular weight excluding hydrogens is 328 g/mol. The number of hydrogen-bond donors (Lipinski definition) is 0. The summed E-state index contributed by atoms with van der Waals surface area (Å²) in [7, 11) is 1.75. The van der Waals surface area contributed by atoms with Crippen molar-refractivity contribution in [2.45, 2.75) is 39.5 Å². The molecule has 3 aromatic rings. The Morgan fingerprint density at radius 3 is 2.62 bits per heavy atom. The van der Waals surface area contributed by atoms with Crippen LogP contribution < -0.4 is 4.74 Å². The molecule has 0 spiro atoms. The van der Waals surface area contributed by atoms with Gasteiger partial charge in [-0.05, 0) is 43.7 Å². The summed E-state index contributed by atoms with van der Waals surface area (Å²) in [5.74, 6) is 1.34. The highest BCUT2D eigenvalue weighted by Gasteiger charge is 2.21. The minimum absolute atomic E-state index is 0.100. The van der Waals surface area contributed by atoms with Gasteiger partial charge in [0.25, 0.3) is 5.91 Å². The van der Waals surface area contributed by atoms with Crippen LogP contribution in [-0.4, -0.2) is 38.7 Å². The zero-order valence-electron chi connectivity index (χ0n) is 15.6. The molecule has 0 N–H and O–H groups in total. The molecule has 1 atom stereocenters. The van der Waals surface area contributed by atoms with Crippen LogP contribution in [0, 0.1) is 0 Å². The van der Waals surface area contributed by atoms with Gasteiger partial charge < -0.3 is 14.2 Å². The number of nitrogens with zero attached hydrogens (tertiary/aromatic N) is 4. The van der Waals surface area contributed by atoms with Crippen LogP contribution >= 0.6 is 0 Å². The van der Waals surface area contributed by atoms with Crippen molar-refractivity contribution < 1.29 is 9.53 Å². The standard InChI is InChI=1S/C20H24N4O2/c1-14(2)24-13-21-22-19(24)12-23(4)20(25)15(3)26-18-10-9-16-7-5-6-8-17(16)11-18/h5-11,13-15H,12H2,1-4H3. The van der Waals surface area contributed by atoms with Crippen LogP contribution in [0.4, 0.5) is 0 Å². The van der Waals surface area contributed by atoms with Crippen molar-refractivity contribution in [2.75, 3.05) is 7.05 Å². The van der Waals surface area contributed by atoms with Crippen molar-refractivity contribution >= 4 is 16.7 Å². The van der Waals surface area contributed by atoms with E-state index in [1.54, 1.807) is 25.2 Å². The van der Waals surface area contributed by atoms with E-state index >= 15 is 0 Å². The molecule has 0 saturated heterocycles. The molecule has 3 rings (SSSR count). The van der Waals surface area contributed by atoms with Crippen LogP contribution in [0.5, 0.6) is 5.75 Å². The van der Waals surface area contributed by atoms with Crippen molar-refractivity contribution in [3.8, 4) is 5.75 Å². The number of benzene rings is 2. The number of hydrogen-bond acceptors (Lipinski definition) is 4. The minimum atomic E-state index is -0.586. The topological polar surface area (TPSA) is 60.2 Å². The van der Waals surface area contributed by atoms with E-state index in [-0.39, 0.29) is 11.9 Å². The lowest BCUT2D eigenvalue weighted by molar-refractivity contribution is -0.137. The third-order valence-electron chi connectivity index (χ3n) is 4.34. The molecule has 1 unspecified atom stereocenters. The van der Waals surface area contributed by atoms with E-state index in [2.05, 4.69) is 24.0 Å². The highest BCUT2D eigenvalue weighted by Crippen LogP contribution is 2.22. The van der Waals surface area contributed by atoms with E-state index in [4.69, 9.17) is 4.74 Å². The Hall–Kier alpha value is -2.89. The molecule has 6 heteroatoms. The molecule has 1 aromatic heterocycles. The van der Waals surface area contributed by atoms with E-state index in [0.29, 0.717) is 12.3 Å². The quantitative estimate of drug-likeness (QED) is 0.682. The van der Waals surface area contributed by atoms with Crippen LogP contribution in [-0.2, 0) is 11.3 Å². The molecule has 0 saturated carbocycles. The molecule has 26 heavy (non-hydrogen) atoms. The van der Waals surface area contributed by atoms with Gasteiger partial charge in [-0.15, -0.1) is 10.2 Å². The van der Waals surface area contributed by atoms with Crippen LogP contribution in [0.2, 0.25) is 0 Å². The Labute approximate surface area is 153 Å². The molecule has 0 aliphatic rings. The summed E-state index contributed by atoms with van der Waals surface area (Å²) in [6.45, 7) is 6.27. The second-order valence-corrected chi connectivity index (χ2v) is 6.71. The minimum Gasteiger partial charge on any atom is -0.481 e. The van der Waals surface area contributed by atoms with Crippen molar-refractivity contribution in [1.82, 2.24) is 19.7 Å². The van der Waals surface area contributed by atoms with Crippen LogP contribution in [0.3, 0.4) is 0 Å². The molecule has 0 aliphatic carbocycles. The van der Waals surface area contributed by atoms with E-state index in [1.807, 2.05) is 47.0 Å². The fourth-order valence-electron chi connectivity index (χ4n) is 2.91. The zero-order valence-corrected chi connectivity index (χ0v) is 15.6. The first kappa shape index (κ1) is 17.9. The molecule has 6 nitrogen and oxygen atoms in total. The smallest absolute Gasteiger partial charge is 0.263 e. The first-order valence-corrected chi connectivity index (χ1v) is 8.74. The maximum absolute atomic E-state index is 12.7. The number of fused-ring (bicyclic) bond motifs is 1. The van der Waals surface area contributed by atoms with Crippen molar-refractivity contribution in [2.24, 2.45) is 0 Å². The Morgan fingerprint density at radius 2 is 1.88 bits per heavy atom. The number of carbonyl (C=O) groups excluding carboxylic acids is 1. The summed E-state index contributed by atoms with van der Waals surface area (Å²) in [5, 5.41) is 10.3. The fourth-order valence-corrected chi connectivity index (χ4v) is 2.91. The first-order valence-electron chi connectivity index (χ1n) is 8.74. The van der Waals surface area contributed by atoms with Gasteiger partial charge >= 0.3 is 0 Å². The third-order valence-corrected chi connectivity index (χ3v) is 4.34. The number of likely N-dealkylation sites (N-methyl/N-ethyl adjacent to an activating group) is 1. The normalized spacial score (nSPS) is 12.3. The summed E-state index contributed by atoms with van der Waals surface area (Å²) in [6.07, 6.45) is 1.10. The first-order chi connectivity index (χ1) is 12.5. The number of carbonyl (C=O) groups is 1. The summed E-state index contributed by atoms with van der Waals surface area (Å²) in [4.78, 5) is 14.3. The van der Waals surface area contributed by atoms with Crippen LogP contribution in [0.25, 0.3) is 10.8 Å². The lowest BCUT2D eigenvalue weighted by Gasteiger charge is -2.22. The predicted octanol–water partition coefficient (Wildman–Crippen LogP) is 3.44. The Morgan fingerprint density at radius 1 is 1.15 bits per heavy atom. The SMILES string of the molecule is CC(Oc1ccc2ccccc2c1)C(=O)N(C)Cc1nncn1C(C)C. The molecule has 2 aromatic carbocycles. The van der Waals surface area contributed by atoms with Gasteiger partial charge in [0.15, 0.2) is 11.9 Å². The van der Waals surface area contributed by atoms with Gasteiger partial charge in [-0.1, -0.05) is 30.3 Å². The summed E-state index contributed by atoms with van der Waals surface area (Å²) >= 11 is 0. The van der Waals surface area contributed by atoms with Gasteiger partial charge in [-0.3, -0.25) is 4.79 Å². The second kappa shape index (κ2) is 7.56. The molecule has 1 heterocycles. The molecule has 0 radical (unpaired) electrons. The van der Waals surface area contributed by atoms with E-state index in [0.717, 1.165) is 16.6 Å². The lowest BCUT2D eigenvalue weighted by atomic mass is 10.1. The summed E-state index contributed by atoms with van der Waals surface area (Å²) in [5.41, 5.74) is 0. The number of aromatic nitrogens is 3. The van der Waals surface area contributed by atoms with Crippen molar-refractivity contribution in [1.29, 1.82) is 0 Å². The second-order valence-electron chi connectivity index (χ2n) is 6.71. The largest absolute Gasteiger partial charge is 0.481 e. The van der Waals surface area contributed by atoms with Gasteiger partial charge in [0.05, 0.1) is 6.54 Å². The van der Waals surface area contributed by atoms with E-state index in [9.17, 15) is 4.79 Å². The maximum atomic E-state index is 12.7. The monoisotopic (exact) mass is 352 g/mol. The van der Waals surface area contributed by atoms with Gasteiger partial charge in [0, 0.05) is 13.1 Å². The Balaban J connectivity index is 1.67. The molecule has 0 aliphatic heterocycles. The number of amides is 1. The Kier molecular flexibility index (Phi) is 5.21. The van der Waals surface area contributed by atoms with E-state index in [1.165, 1.54) is 0 Å². The average molecular weight is 352 g/mol. The highest BCUT2D eigenvalue weighted by molar-refractivity contribution is 5.84. The third kappa shape index (κ3) is 3.85. The van der Waals surface area contributed by atoms with E-state index < -0.39 is 6.10 Å². The molecule has 0 bridgehead atoms. The van der Waals surface area contributed by atoms with Crippen molar-refractivity contribution in [3.63, 3.8) is 0 Å². The van der Waals surface area contributed by atoms with Crippen LogP contribution in [0.15, 0.2) is 48.8 Å². The lowest BCUT2D eigenvalue weighted by Crippen LogP contribution is -2.38. The Bertz CT molecular complexity index is 903. The average Bonchev–Trinajstić information content (AvgIpc) is 3.09. The summed E-state index contributed by atoms with van der Waals surface area (Å²) in [6, 6.07) is 14.1. The molecule has 136 valence electrons. The van der Waals surface area contributed by atoms with Gasteiger partial charge in [0.2, 0.25) is 0 Å². The molecule has 0 fully saturated rings. The summed E-state index contributed by atoms with van der Waals surface area (Å²) < 4.78 is 7.83. The number of ether oxygens (including phenoxy) is 1. The van der Waals surface area contributed by atoms with Crippen LogP contribution in [0.1, 0.15) is 32.6 Å². The van der Waals surface area contributed by atoms with Crippen molar-refractivity contribution in [3.05, 3.63) is 54.6 Å². The highest BCUT2D eigenvalue weighted by atomic mass is 16.5. The number of rotatable bonds is 6. The fraction of sp³-hybridized carbons (Fsp3) is 0.350. The van der Waals surface area contributed by atoms with Gasteiger partial charge in [-0.2, -0.15) is 0 Å². The molecule has 1 amide bonds.